The minimum atomic E-state index is -0.342. The molecular weight excluding hydrogens is 363 g/mol. The lowest BCUT2D eigenvalue weighted by Crippen LogP contribution is -2.31. The first-order valence-corrected chi connectivity index (χ1v) is 9.01. The number of oxazole rings is 1. The molecule has 8 heteroatoms. The van der Waals surface area contributed by atoms with Crippen LogP contribution in [-0.4, -0.2) is 32.3 Å². The third-order valence-corrected chi connectivity index (χ3v) is 4.62. The van der Waals surface area contributed by atoms with E-state index >= 15 is 0 Å². The second-order valence-corrected chi connectivity index (χ2v) is 6.64. The molecule has 0 bridgehead atoms. The van der Waals surface area contributed by atoms with E-state index in [0.717, 1.165) is 12.8 Å². The Hall–Kier alpha value is -3.29. The molecule has 1 aromatic carbocycles. The highest BCUT2D eigenvalue weighted by molar-refractivity contribution is 5.93. The van der Waals surface area contributed by atoms with Crippen molar-refractivity contribution in [2.75, 3.05) is 6.54 Å². The number of hydrogen-bond acceptors (Lipinski definition) is 6. The first-order chi connectivity index (χ1) is 13.5. The van der Waals surface area contributed by atoms with Gasteiger partial charge in [0, 0.05) is 13.5 Å². The molecule has 0 N–H and O–H groups in total. The van der Waals surface area contributed by atoms with E-state index in [9.17, 15) is 9.18 Å². The molecule has 4 rings (SSSR count). The van der Waals surface area contributed by atoms with Crippen molar-refractivity contribution in [3.05, 3.63) is 65.5 Å². The molecule has 144 valence electrons. The van der Waals surface area contributed by atoms with Gasteiger partial charge in [0.05, 0.1) is 29.8 Å². The van der Waals surface area contributed by atoms with E-state index in [1.807, 2.05) is 0 Å². The summed E-state index contributed by atoms with van der Waals surface area (Å²) < 4.78 is 24.2. The lowest BCUT2D eigenvalue weighted by Gasteiger charge is -2.23. The summed E-state index contributed by atoms with van der Waals surface area (Å²) in [4.78, 5) is 27.6. The number of amides is 1. The summed E-state index contributed by atoms with van der Waals surface area (Å²) in [6.45, 7) is 4.08. The van der Waals surface area contributed by atoms with Crippen LogP contribution in [0.4, 0.5) is 4.39 Å². The smallest absolute Gasteiger partial charge is 0.292 e. The van der Waals surface area contributed by atoms with Gasteiger partial charge in [-0.1, -0.05) is 0 Å². The summed E-state index contributed by atoms with van der Waals surface area (Å²) in [6.07, 6.45) is 4.74. The lowest BCUT2D eigenvalue weighted by atomic mass is 10.1. The average molecular weight is 382 g/mol. The minimum Gasteiger partial charge on any atom is -0.437 e. The number of aromatic nitrogens is 3. The molecule has 1 fully saturated rings. The highest BCUT2D eigenvalue weighted by Crippen LogP contribution is 2.33. The Morgan fingerprint density at radius 1 is 1.21 bits per heavy atom. The number of hydrogen-bond donors (Lipinski definition) is 0. The molecular formula is C20H19FN4O3. The summed E-state index contributed by atoms with van der Waals surface area (Å²) in [7, 11) is 0. The fraction of sp³-hybridized carbons (Fsp3) is 0.300. The van der Waals surface area contributed by atoms with Crippen molar-refractivity contribution in [1.82, 2.24) is 19.9 Å². The van der Waals surface area contributed by atoms with Crippen molar-refractivity contribution in [1.29, 1.82) is 0 Å². The van der Waals surface area contributed by atoms with Crippen LogP contribution in [0, 0.1) is 19.7 Å². The molecule has 7 nitrogen and oxygen atoms in total. The van der Waals surface area contributed by atoms with Gasteiger partial charge in [-0.15, -0.1) is 0 Å². The summed E-state index contributed by atoms with van der Waals surface area (Å²) in [5.41, 5.74) is 1.21. The third-order valence-electron chi connectivity index (χ3n) is 4.62. The Morgan fingerprint density at radius 3 is 2.71 bits per heavy atom. The number of benzene rings is 1. The Bertz CT molecular complexity index is 1000. The molecule has 0 aliphatic carbocycles. The Labute approximate surface area is 161 Å². The predicted molar refractivity (Wildman–Crippen MR) is 97.5 cm³/mol. The highest BCUT2D eigenvalue weighted by atomic mass is 19.1. The van der Waals surface area contributed by atoms with Crippen molar-refractivity contribution < 1.29 is 18.3 Å². The average Bonchev–Trinajstić information content (AvgIpc) is 3.30. The fourth-order valence-electron chi connectivity index (χ4n) is 3.37. The van der Waals surface area contributed by atoms with Gasteiger partial charge in [-0.2, -0.15) is 0 Å². The number of carbonyl (C=O) groups is 1. The van der Waals surface area contributed by atoms with Gasteiger partial charge in [-0.3, -0.25) is 9.78 Å². The van der Waals surface area contributed by atoms with Gasteiger partial charge in [0.15, 0.2) is 5.89 Å². The minimum absolute atomic E-state index is 0.202. The molecule has 1 aliphatic heterocycles. The molecule has 3 heterocycles. The van der Waals surface area contributed by atoms with E-state index in [0.29, 0.717) is 29.6 Å². The molecule has 2 aromatic heterocycles. The van der Waals surface area contributed by atoms with E-state index in [4.69, 9.17) is 9.15 Å². The van der Waals surface area contributed by atoms with Gasteiger partial charge < -0.3 is 14.1 Å². The molecule has 0 radical (unpaired) electrons. The monoisotopic (exact) mass is 382 g/mol. The fourth-order valence-corrected chi connectivity index (χ4v) is 3.37. The Kier molecular flexibility index (Phi) is 4.77. The number of rotatable bonds is 4. The van der Waals surface area contributed by atoms with Crippen molar-refractivity contribution >= 4 is 5.91 Å². The van der Waals surface area contributed by atoms with Crippen LogP contribution in [0.5, 0.6) is 11.6 Å². The van der Waals surface area contributed by atoms with Gasteiger partial charge in [-0.05, 0) is 44.0 Å². The van der Waals surface area contributed by atoms with Crippen molar-refractivity contribution in [3.63, 3.8) is 0 Å². The van der Waals surface area contributed by atoms with E-state index in [-0.39, 0.29) is 29.4 Å². The zero-order chi connectivity index (χ0) is 19.7. The topological polar surface area (TPSA) is 81.4 Å². The van der Waals surface area contributed by atoms with E-state index in [2.05, 4.69) is 15.0 Å². The first kappa shape index (κ1) is 18.1. The van der Waals surface area contributed by atoms with Gasteiger partial charge in [0.2, 0.25) is 11.6 Å². The second kappa shape index (κ2) is 7.38. The summed E-state index contributed by atoms with van der Waals surface area (Å²) >= 11 is 0. The standard InChI is InChI=1S/C20H19FN4O3/c1-12-19(27-13(2)23-12)20(26)25-9-3-4-17(25)16-10-22-11-18(24-16)28-15-7-5-14(21)6-8-15/h5-8,10-11,17H,3-4,9H2,1-2H3. The molecule has 1 aliphatic rings. The number of ether oxygens (including phenoxy) is 1. The number of carbonyl (C=O) groups excluding carboxylic acids is 1. The Morgan fingerprint density at radius 2 is 2.00 bits per heavy atom. The maximum Gasteiger partial charge on any atom is 0.292 e. The van der Waals surface area contributed by atoms with E-state index < -0.39 is 0 Å². The summed E-state index contributed by atoms with van der Waals surface area (Å²) in [5.74, 6) is 0.926. The van der Waals surface area contributed by atoms with Crippen LogP contribution in [0.15, 0.2) is 41.1 Å². The quantitative estimate of drug-likeness (QED) is 0.679. The molecule has 1 unspecified atom stereocenters. The molecule has 0 saturated carbocycles. The summed E-state index contributed by atoms with van der Waals surface area (Å²) in [5, 5.41) is 0. The van der Waals surface area contributed by atoms with Crippen LogP contribution >= 0.6 is 0 Å². The van der Waals surface area contributed by atoms with Gasteiger partial charge in [-0.25, -0.2) is 14.4 Å². The van der Waals surface area contributed by atoms with Gasteiger partial charge in [0.25, 0.3) is 5.91 Å². The van der Waals surface area contributed by atoms with E-state index in [1.165, 1.54) is 30.5 Å². The lowest BCUT2D eigenvalue weighted by molar-refractivity contribution is 0.0697. The van der Waals surface area contributed by atoms with Crippen LogP contribution in [-0.2, 0) is 0 Å². The van der Waals surface area contributed by atoms with E-state index in [1.54, 1.807) is 24.9 Å². The molecule has 3 aromatic rings. The maximum atomic E-state index is 13.0. The highest BCUT2D eigenvalue weighted by Gasteiger charge is 2.34. The normalized spacial score (nSPS) is 16.4. The molecule has 1 atom stereocenters. The first-order valence-electron chi connectivity index (χ1n) is 9.01. The SMILES string of the molecule is Cc1nc(C)c(C(=O)N2CCCC2c2cncc(Oc3ccc(F)cc3)n2)o1. The van der Waals surface area contributed by atoms with Crippen molar-refractivity contribution in [2.45, 2.75) is 32.7 Å². The van der Waals surface area contributed by atoms with Crippen molar-refractivity contribution in [3.8, 4) is 11.6 Å². The molecule has 1 amide bonds. The molecule has 1 saturated heterocycles. The number of likely N-dealkylation sites (tertiary alicyclic amines) is 1. The third kappa shape index (κ3) is 3.58. The van der Waals surface area contributed by atoms with Crippen LogP contribution in [0.2, 0.25) is 0 Å². The van der Waals surface area contributed by atoms with Crippen LogP contribution < -0.4 is 4.74 Å². The van der Waals surface area contributed by atoms with Crippen LogP contribution in [0.1, 0.15) is 46.7 Å². The van der Waals surface area contributed by atoms with Crippen LogP contribution in [0.3, 0.4) is 0 Å². The van der Waals surface area contributed by atoms with Gasteiger partial charge in [0.1, 0.15) is 11.6 Å². The second-order valence-electron chi connectivity index (χ2n) is 6.64. The number of nitrogens with zero attached hydrogens (tertiary/aromatic N) is 4. The maximum absolute atomic E-state index is 13.0. The Balaban J connectivity index is 1.56. The zero-order valence-corrected chi connectivity index (χ0v) is 15.6. The van der Waals surface area contributed by atoms with Crippen molar-refractivity contribution in [2.24, 2.45) is 0 Å². The number of aryl methyl sites for hydroxylation is 2. The predicted octanol–water partition coefficient (Wildman–Crippen LogP) is 3.99. The number of halogens is 1. The summed E-state index contributed by atoms with van der Waals surface area (Å²) in [6, 6.07) is 5.44. The van der Waals surface area contributed by atoms with Gasteiger partial charge >= 0.3 is 0 Å². The molecule has 28 heavy (non-hydrogen) atoms. The molecule has 0 spiro atoms. The zero-order valence-electron chi connectivity index (χ0n) is 15.6. The largest absolute Gasteiger partial charge is 0.437 e. The van der Waals surface area contributed by atoms with Crippen LogP contribution in [0.25, 0.3) is 0 Å².